The maximum Gasteiger partial charge on any atom is 0.387 e. The van der Waals surface area contributed by atoms with Gasteiger partial charge < -0.3 is 14.6 Å². The number of aliphatic hydroxyl groups excluding tert-OH is 1. The van der Waals surface area contributed by atoms with Crippen molar-refractivity contribution in [1.82, 2.24) is 5.48 Å². The van der Waals surface area contributed by atoms with Gasteiger partial charge in [-0.1, -0.05) is 0 Å². The van der Waals surface area contributed by atoms with Crippen LogP contribution in [0.2, 0.25) is 0 Å². The van der Waals surface area contributed by atoms with Crippen LogP contribution in [0.5, 0.6) is 11.5 Å². The SMILES string of the molecule is COc1cc(C2=CC3(CCC(O)CC3)ON2)ccc1OC(F)F. The molecule has 1 spiro atoms. The summed E-state index contributed by atoms with van der Waals surface area (Å²) in [7, 11) is 1.40. The van der Waals surface area contributed by atoms with Crippen LogP contribution in [0.3, 0.4) is 0 Å². The van der Waals surface area contributed by atoms with E-state index in [9.17, 15) is 13.9 Å². The number of nitrogens with one attached hydrogen (secondary N) is 1. The number of hydrogen-bond acceptors (Lipinski definition) is 5. The highest BCUT2D eigenvalue weighted by molar-refractivity contribution is 5.68. The predicted molar refractivity (Wildman–Crippen MR) is 79.0 cm³/mol. The van der Waals surface area contributed by atoms with E-state index in [1.807, 2.05) is 6.08 Å². The Labute approximate surface area is 132 Å². The summed E-state index contributed by atoms with van der Waals surface area (Å²) in [6.45, 7) is -2.90. The molecule has 1 saturated carbocycles. The van der Waals surface area contributed by atoms with Gasteiger partial charge in [0.05, 0.1) is 18.9 Å². The molecule has 0 aromatic heterocycles. The molecule has 3 rings (SSSR count). The van der Waals surface area contributed by atoms with Gasteiger partial charge in [0.25, 0.3) is 0 Å². The maximum atomic E-state index is 12.4. The van der Waals surface area contributed by atoms with E-state index < -0.39 is 12.2 Å². The monoisotopic (exact) mass is 327 g/mol. The number of methoxy groups -OCH3 is 1. The number of hydrogen-bond donors (Lipinski definition) is 2. The summed E-state index contributed by atoms with van der Waals surface area (Å²) in [5, 5.41) is 9.62. The molecule has 1 aliphatic carbocycles. The molecule has 1 aliphatic heterocycles. The second-order valence-corrected chi connectivity index (χ2v) is 5.80. The van der Waals surface area contributed by atoms with Crippen LogP contribution in [-0.2, 0) is 4.84 Å². The van der Waals surface area contributed by atoms with Crippen molar-refractivity contribution in [2.24, 2.45) is 0 Å². The van der Waals surface area contributed by atoms with Crippen LogP contribution in [-0.4, -0.2) is 30.5 Å². The van der Waals surface area contributed by atoms with Gasteiger partial charge in [-0.05, 0) is 50.0 Å². The van der Waals surface area contributed by atoms with Gasteiger partial charge in [0.2, 0.25) is 0 Å². The molecule has 1 aromatic carbocycles. The zero-order valence-corrected chi connectivity index (χ0v) is 12.7. The van der Waals surface area contributed by atoms with Crippen LogP contribution in [0.4, 0.5) is 8.78 Å². The van der Waals surface area contributed by atoms with Crippen LogP contribution in [0.15, 0.2) is 24.3 Å². The minimum absolute atomic E-state index is 0.0127. The molecule has 0 atom stereocenters. The lowest BCUT2D eigenvalue weighted by Crippen LogP contribution is -2.36. The van der Waals surface area contributed by atoms with Crippen LogP contribution in [0.25, 0.3) is 5.70 Å². The topological polar surface area (TPSA) is 60.0 Å². The molecule has 1 aromatic rings. The van der Waals surface area contributed by atoms with Crippen LogP contribution < -0.4 is 15.0 Å². The molecule has 0 unspecified atom stereocenters. The Morgan fingerprint density at radius 1 is 1.30 bits per heavy atom. The van der Waals surface area contributed by atoms with Gasteiger partial charge in [-0.3, -0.25) is 10.3 Å². The second kappa shape index (κ2) is 6.33. The van der Waals surface area contributed by atoms with Gasteiger partial charge in [0.1, 0.15) is 5.60 Å². The third-order valence-electron chi connectivity index (χ3n) is 4.26. The smallest absolute Gasteiger partial charge is 0.387 e. The molecule has 2 N–H and O–H groups in total. The van der Waals surface area contributed by atoms with E-state index in [1.165, 1.54) is 13.2 Å². The lowest BCUT2D eigenvalue weighted by atomic mass is 9.83. The molecule has 2 aliphatic rings. The van der Waals surface area contributed by atoms with Gasteiger partial charge in [-0.15, -0.1) is 0 Å². The number of halogens is 2. The van der Waals surface area contributed by atoms with E-state index in [0.29, 0.717) is 12.8 Å². The van der Waals surface area contributed by atoms with E-state index in [2.05, 4.69) is 10.2 Å². The summed E-state index contributed by atoms with van der Waals surface area (Å²) >= 11 is 0. The standard InChI is InChI=1S/C16H19F2NO4/c1-21-14-8-10(2-3-13(14)22-15(17)18)12-9-16(23-19-12)6-4-11(20)5-7-16/h2-3,8-9,11,15,19-20H,4-7H2,1H3. The average molecular weight is 327 g/mol. The van der Waals surface area contributed by atoms with E-state index in [1.54, 1.807) is 12.1 Å². The van der Waals surface area contributed by atoms with Gasteiger partial charge >= 0.3 is 6.61 Å². The molecule has 0 saturated heterocycles. The number of rotatable bonds is 4. The average Bonchev–Trinajstić information content (AvgIpc) is 2.94. The number of hydroxylamine groups is 1. The number of alkyl halides is 2. The lowest BCUT2D eigenvalue weighted by molar-refractivity contribution is -0.0743. The fraction of sp³-hybridized carbons (Fsp3) is 0.500. The van der Waals surface area contributed by atoms with E-state index in [4.69, 9.17) is 9.57 Å². The number of aliphatic hydroxyl groups is 1. The Hall–Kier alpha value is -1.86. The first-order valence-electron chi connectivity index (χ1n) is 7.49. The first-order chi connectivity index (χ1) is 11.0. The molecule has 0 bridgehead atoms. The van der Waals surface area contributed by atoms with Crippen molar-refractivity contribution in [3.05, 3.63) is 29.8 Å². The largest absolute Gasteiger partial charge is 0.493 e. The number of benzene rings is 1. The van der Waals surface area contributed by atoms with Crippen molar-refractivity contribution in [3.8, 4) is 11.5 Å². The highest BCUT2D eigenvalue weighted by Gasteiger charge is 2.39. The molecule has 23 heavy (non-hydrogen) atoms. The third-order valence-corrected chi connectivity index (χ3v) is 4.26. The molecule has 5 nitrogen and oxygen atoms in total. The zero-order valence-electron chi connectivity index (χ0n) is 12.7. The minimum atomic E-state index is -2.90. The molecule has 0 amide bonds. The van der Waals surface area contributed by atoms with Gasteiger partial charge in [-0.25, -0.2) is 0 Å². The molecule has 126 valence electrons. The Bertz CT molecular complexity index is 598. The van der Waals surface area contributed by atoms with Crippen molar-refractivity contribution < 1.29 is 28.2 Å². The fourth-order valence-corrected chi connectivity index (χ4v) is 2.99. The molecule has 1 fully saturated rings. The van der Waals surface area contributed by atoms with Crippen molar-refractivity contribution in [3.63, 3.8) is 0 Å². The third kappa shape index (κ3) is 3.40. The molecule has 7 heteroatoms. The molecule has 1 heterocycles. The maximum absolute atomic E-state index is 12.4. The lowest BCUT2D eigenvalue weighted by Gasteiger charge is -2.31. The first-order valence-corrected chi connectivity index (χ1v) is 7.49. The van der Waals surface area contributed by atoms with Crippen molar-refractivity contribution in [1.29, 1.82) is 0 Å². The van der Waals surface area contributed by atoms with Crippen molar-refractivity contribution in [2.45, 2.75) is 44.0 Å². The predicted octanol–water partition coefficient (Wildman–Crippen LogP) is 2.85. The fourth-order valence-electron chi connectivity index (χ4n) is 2.99. The van der Waals surface area contributed by atoms with E-state index in [-0.39, 0.29) is 17.6 Å². The van der Waals surface area contributed by atoms with Crippen LogP contribution >= 0.6 is 0 Å². The van der Waals surface area contributed by atoms with Gasteiger partial charge in [0, 0.05) is 5.56 Å². The highest BCUT2D eigenvalue weighted by Crippen LogP contribution is 2.39. The molecular weight excluding hydrogens is 308 g/mol. The minimum Gasteiger partial charge on any atom is -0.493 e. The summed E-state index contributed by atoms with van der Waals surface area (Å²) in [6.07, 6.45) is 4.56. The van der Waals surface area contributed by atoms with Crippen LogP contribution in [0.1, 0.15) is 31.2 Å². The summed E-state index contributed by atoms with van der Waals surface area (Å²) in [5.41, 5.74) is 3.99. The van der Waals surface area contributed by atoms with Crippen LogP contribution in [0, 0.1) is 0 Å². The van der Waals surface area contributed by atoms with E-state index >= 15 is 0 Å². The summed E-state index contributed by atoms with van der Waals surface area (Å²) < 4.78 is 34.3. The quantitative estimate of drug-likeness (QED) is 0.890. The van der Waals surface area contributed by atoms with Gasteiger partial charge in [-0.2, -0.15) is 8.78 Å². The first kappa shape index (κ1) is 16.0. The molecule has 0 radical (unpaired) electrons. The Morgan fingerprint density at radius 3 is 2.70 bits per heavy atom. The van der Waals surface area contributed by atoms with Crippen molar-refractivity contribution >= 4 is 5.70 Å². The zero-order chi connectivity index (χ0) is 16.4. The molecular formula is C16H19F2NO4. The normalized spacial score (nSPS) is 27.0. The summed E-state index contributed by atoms with van der Waals surface area (Å²) in [4.78, 5) is 5.72. The summed E-state index contributed by atoms with van der Waals surface area (Å²) in [6, 6.07) is 4.73. The Morgan fingerprint density at radius 2 is 2.04 bits per heavy atom. The highest BCUT2D eigenvalue weighted by atomic mass is 19.3. The number of ether oxygens (including phenoxy) is 2. The van der Waals surface area contributed by atoms with E-state index in [0.717, 1.165) is 24.1 Å². The van der Waals surface area contributed by atoms with Gasteiger partial charge in [0.15, 0.2) is 11.5 Å². The second-order valence-electron chi connectivity index (χ2n) is 5.80. The Balaban J connectivity index is 1.82. The van der Waals surface area contributed by atoms with Crippen molar-refractivity contribution in [2.75, 3.05) is 7.11 Å². The summed E-state index contributed by atoms with van der Waals surface area (Å²) in [5.74, 6) is 0.215. The Kier molecular flexibility index (Phi) is 4.41.